The van der Waals surface area contributed by atoms with Crippen LogP contribution in [0, 0.1) is 6.92 Å². The number of nitrogens with zero attached hydrogens (tertiary/aromatic N) is 2. The van der Waals surface area contributed by atoms with Crippen molar-refractivity contribution in [2.24, 2.45) is 0 Å². The molecule has 4 nitrogen and oxygen atoms in total. The molecule has 0 saturated carbocycles. The van der Waals surface area contributed by atoms with E-state index in [0.717, 1.165) is 40.6 Å². The Bertz CT molecular complexity index is 830. The molecule has 0 N–H and O–H groups in total. The number of aromatic nitrogens is 1. The van der Waals surface area contributed by atoms with E-state index in [1.54, 1.807) is 14.2 Å². The third-order valence-electron chi connectivity index (χ3n) is 4.41. The quantitative estimate of drug-likeness (QED) is 0.475. The minimum absolute atomic E-state index is 0.749. The van der Waals surface area contributed by atoms with Crippen molar-refractivity contribution >= 4 is 21.7 Å². The molecule has 0 radical (unpaired) electrons. The molecule has 0 aliphatic rings. The highest BCUT2D eigenvalue weighted by Crippen LogP contribution is 2.24. The summed E-state index contributed by atoms with van der Waals surface area (Å²) in [5, 5.41) is 0. The topological polar surface area (TPSA) is 34.6 Å². The summed E-state index contributed by atoms with van der Waals surface area (Å²) in [7, 11) is 3.36. The number of hydrogen-bond donors (Lipinski definition) is 0. The molecule has 0 aliphatic carbocycles. The van der Waals surface area contributed by atoms with Gasteiger partial charge in [0.1, 0.15) is 21.9 Å². The Balaban J connectivity index is 1.87. The zero-order valence-corrected chi connectivity index (χ0v) is 17.4. The lowest BCUT2D eigenvalue weighted by atomic mass is 10.1. The Morgan fingerprint density at radius 3 is 1.67 bits per heavy atom. The van der Waals surface area contributed by atoms with Crippen molar-refractivity contribution in [1.82, 2.24) is 4.98 Å². The van der Waals surface area contributed by atoms with Crippen molar-refractivity contribution in [3.63, 3.8) is 0 Å². The minimum atomic E-state index is 0.749. The van der Waals surface area contributed by atoms with Crippen LogP contribution in [-0.4, -0.2) is 19.2 Å². The summed E-state index contributed by atoms with van der Waals surface area (Å²) in [6.07, 6.45) is 0. The molecule has 27 heavy (non-hydrogen) atoms. The van der Waals surface area contributed by atoms with Crippen molar-refractivity contribution in [2.75, 3.05) is 19.1 Å². The fraction of sp³-hybridized carbons (Fsp3) is 0.227. The summed E-state index contributed by atoms with van der Waals surface area (Å²) >= 11 is 3.55. The highest BCUT2D eigenvalue weighted by atomic mass is 79.9. The predicted octanol–water partition coefficient (Wildman–Crippen LogP) is 5.38. The maximum Gasteiger partial charge on any atom is 0.130 e. The summed E-state index contributed by atoms with van der Waals surface area (Å²) in [4.78, 5) is 6.98. The largest absolute Gasteiger partial charge is 0.497 e. The van der Waals surface area contributed by atoms with Crippen LogP contribution in [0.4, 0.5) is 5.82 Å². The van der Waals surface area contributed by atoms with Gasteiger partial charge in [-0.05, 0) is 69.9 Å². The third kappa shape index (κ3) is 5.01. The lowest BCUT2D eigenvalue weighted by Gasteiger charge is -2.25. The summed E-state index contributed by atoms with van der Waals surface area (Å²) in [5.41, 5.74) is 3.51. The molecule has 1 heterocycles. The Morgan fingerprint density at radius 2 is 1.26 bits per heavy atom. The second-order valence-corrected chi connectivity index (χ2v) is 7.08. The Hall–Kier alpha value is -2.53. The van der Waals surface area contributed by atoms with Gasteiger partial charge in [0.2, 0.25) is 0 Å². The first-order chi connectivity index (χ1) is 13.1. The van der Waals surface area contributed by atoms with E-state index >= 15 is 0 Å². The van der Waals surface area contributed by atoms with Crippen LogP contribution in [0.3, 0.4) is 0 Å². The molecule has 1 aromatic heterocycles. The van der Waals surface area contributed by atoms with Crippen molar-refractivity contribution < 1.29 is 9.47 Å². The summed E-state index contributed by atoms with van der Waals surface area (Å²) in [6, 6.07) is 20.4. The number of rotatable bonds is 7. The van der Waals surface area contributed by atoms with E-state index in [1.807, 2.05) is 31.2 Å². The Labute approximate surface area is 168 Å². The molecule has 0 unspecified atom stereocenters. The van der Waals surface area contributed by atoms with E-state index in [0.29, 0.717) is 0 Å². The lowest BCUT2D eigenvalue weighted by Crippen LogP contribution is -2.23. The van der Waals surface area contributed by atoms with Gasteiger partial charge in [-0.3, -0.25) is 0 Å². The molecule has 0 spiro atoms. The van der Waals surface area contributed by atoms with Crippen LogP contribution in [0.2, 0.25) is 0 Å². The van der Waals surface area contributed by atoms with Crippen molar-refractivity contribution in [3.8, 4) is 11.5 Å². The van der Waals surface area contributed by atoms with E-state index in [-0.39, 0.29) is 0 Å². The predicted molar refractivity (Wildman–Crippen MR) is 113 cm³/mol. The standard InChI is InChI=1S/C22H23BrN2O2/c1-16-4-13-21(24-22(16)23)25(14-17-5-9-19(26-2)10-6-17)15-18-7-11-20(27-3)12-8-18/h4-13H,14-15H2,1-3H3. The highest BCUT2D eigenvalue weighted by molar-refractivity contribution is 9.10. The van der Waals surface area contributed by atoms with Crippen LogP contribution in [0.5, 0.6) is 11.5 Å². The van der Waals surface area contributed by atoms with Crippen LogP contribution < -0.4 is 14.4 Å². The molecule has 0 aliphatic heterocycles. The average molecular weight is 427 g/mol. The van der Waals surface area contributed by atoms with Gasteiger partial charge in [0.05, 0.1) is 14.2 Å². The van der Waals surface area contributed by atoms with Crippen molar-refractivity contribution in [1.29, 1.82) is 0 Å². The molecule has 0 saturated heterocycles. The summed E-state index contributed by atoms with van der Waals surface area (Å²) < 4.78 is 11.4. The fourth-order valence-corrected chi connectivity index (χ4v) is 3.10. The average Bonchev–Trinajstić information content (AvgIpc) is 2.70. The number of pyridine rings is 1. The van der Waals surface area contributed by atoms with Gasteiger partial charge in [-0.15, -0.1) is 0 Å². The van der Waals surface area contributed by atoms with Crippen LogP contribution in [0.1, 0.15) is 16.7 Å². The maximum absolute atomic E-state index is 5.26. The van der Waals surface area contributed by atoms with Crippen molar-refractivity contribution in [2.45, 2.75) is 20.0 Å². The number of anilines is 1. The maximum atomic E-state index is 5.26. The molecule has 2 aromatic carbocycles. The second kappa shape index (κ2) is 8.91. The molecule has 3 rings (SSSR count). The number of methoxy groups -OCH3 is 2. The second-order valence-electron chi connectivity index (χ2n) is 6.33. The van der Waals surface area contributed by atoms with Gasteiger partial charge < -0.3 is 14.4 Å². The molecule has 0 bridgehead atoms. The van der Waals surface area contributed by atoms with Gasteiger partial charge in [0, 0.05) is 13.1 Å². The monoisotopic (exact) mass is 426 g/mol. The number of aryl methyl sites for hydroxylation is 1. The van der Waals surface area contributed by atoms with Crippen LogP contribution >= 0.6 is 15.9 Å². The zero-order chi connectivity index (χ0) is 19.2. The SMILES string of the molecule is COc1ccc(CN(Cc2ccc(OC)cc2)c2ccc(C)c(Br)n2)cc1. The lowest BCUT2D eigenvalue weighted by molar-refractivity contribution is 0.414. The van der Waals surface area contributed by atoms with Gasteiger partial charge in [-0.25, -0.2) is 4.98 Å². The molecule has 5 heteroatoms. The van der Waals surface area contributed by atoms with E-state index < -0.39 is 0 Å². The molecular formula is C22H23BrN2O2. The fourth-order valence-electron chi connectivity index (χ4n) is 2.79. The first kappa shape index (κ1) is 19.2. The van der Waals surface area contributed by atoms with E-state index in [2.05, 4.69) is 57.2 Å². The normalized spacial score (nSPS) is 10.5. The molecule has 0 fully saturated rings. The van der Waals surface area contributed by atoms with Crippen LogP contribution in [0.15, 0.2) is 65.3 Å². The highest BCUT2D eigenvalue weighted by Gasteiger charge is 2.12. The van der Waals surface area contributed by atoms with E-state index in [9.17, 15) is 0 Å². The van der Waals surface area contributed by atoms with Crippen LogP contribution in [-0.2, 0) is 13.1 Å². The first-order valence-electron chi connectivity index (χ1n) is 8.73. The van der Waals surface area contributed by atoms with E-state index in [1.165, 1.54) is 11.1 Å². The van der Waals surface area contributed by atoms with Crippen molar-refractivity contribution in [3.05, 3.63) is 82.0 Å². The molecule has 0 amide bonds. The number of benzene rings is 2. The molecule has 0 atom stereocenters. The Morgan fingerprint density at radius 1 is 0.778 bits per heavy atom. The van der Waals surface area contributed by atoms with Gasteiger partial charge in [-0.2, -0.15) is 0 Å². The zero-order valence-electron chi connectivity index (χ0n) is 15.8. The number of hydrogen-bond acceptors (Lipinski definition) is 4. The summed E-state index contributed by atoms with van der Waals surface area (Å²) in [6.45, 7) is 3.54. The first-order valence-corrected chi connectivity index (χ1v) is 9.52. The van der Waals surface area contributed by atoms with E-state index in [4.69, 9.17) is 14.5 Å². The summed E-state index contributed by atoms with van der Waals surface area (Å²) in [5.74, 6) is 2.65. The smallest absolute Gasteiger partial charge is 0.130 e. The van der Waals surface area contributed by atoms with Crippen LogP contribution in [0.25, 0.3) is 0 Å². The number of halogens is 1. The van der Waals surface area contributed by atoms with Gasteiger partial charge >= 0.3 is 0 Å². The van der Waals surface area contributed by atoms with Gasteiger partial charge in [0.15, 0.2) is 0 Å². The molecule has 140 valence electrons. The van der Waals surface area contributed by atoms with Gasteiger partial charge in [-0.1, -0.05) is 30.3 Å². The molecular weight excluding hydrogens is 404 g/mol. The number of ether oxygens (including phenoxy) is 2. The van der Waals surface area contributed by atoms with Gasteiger partial charge in [0.25, 0.3) is 0 Å². The molecule has 3 aromatic rings. The Kier molecular flexibility index (Phi) is 6.35. The third-order valence-corrected chi connectivity index (χ3v) is 5.21. The minimum Gasteiger partial charge on any atom is -0.497 e.